The van der Waals surface area contributed by atoms with Gasteiger partial charge in [0.2, 0.25) is 0 Å². The molecule has 0 aromatic rings. The molecule has 6 nitrogen and oxygen atoms in total. The van der Waals surface area contributed by atoms with Crippen molar-refractivity contribution in [3.05, 3.63) is 0 Å². The van der Waals surface area contributed by atoms with Crippen molar-refractivity contribution in [2.24, 2.45) is 10.7 Å². The molecule has 0 aromatic carbocycles. The smallest absolute Gasteiger partial charge is 0.169 e. The van der Waals surface area contributed by atoms with Crippen molar-refractivity contribution in [2.45, 2.75) is 5.50 Å². The van der Waals surface area contributed by atoms with E-state index in [1.165, 1.54) is 11.8 Å². The van der Waals surface area contributed by atoms with Crippen LogP contribution in [0.1, 0.15) is 0 Å². The molecule has 1 aliphatic rings. The molecule has 0 saturated carbocycles. The number of hydrogen-bond acceptors (Lipinski definition) is 7. The predicted molar refractivity (Wildman–Crippen MR) is 85.3 cm³/mol. The molecule has 0 radical (unpaired) electrons. The molecule has 1 heterocycles. The Kier molecular flexibility index (Phi) is 8.36. The first kappa shape index (κ1) is 15.7. The summed E-state index contributed by atoms with van der Waals surface area (Å²) in [6, 6.07) is 0. The van der Waals surface area contributed by atoms with Gasteiger partial charge in [-0.3, -0.25) is 10.3 Å². The fourth-order valence-electron chi connectivity index (χ4n) is 1.03. The van der Waals surface area contributed by atoms with Gasteiger partial charge in [-0.1, -0.05) is 0 Å². The van der Waals surface area contributed by atoms with E-state index in [1.54, 1.807) is 21.6 Å². The lowest BCUT2D eigenvalue weighted by molar-refractivity contribution is 0.658. The van der Waals surface area contributed by atoms with Crippen LogP contribution in [0.5, 0.6) is 0 Å². The van der Waals surface area contributed by atoms with Crippen LogP contribution in [-0.2, 0) is 0 Å². The van der Waals surface area contributed by atoms with Gasteiger partial charge < -0.3 is 16.4 Å². The van der Waals surface area contributed by atoms with E-state index < -0.39 is 0 Å². The monoisotopic (exact) mass is 322 g/mol. The zero-order valence-electron chi connectivity index (χ0n) is 9.51. The summed E-state index contributed by atoms with van der Waals surface area (Å²) in [5.74, 6) is 0.782. The molecular formula is C8H14N6S4. The minimum Gasteiger partial charge on any atom is -0.376 e. The molecule has 0 bridgehead atoms. The number of thiocyanates is 1. The number of nitriles is 1. The van der Waals surface area contributed by atoms with Crippen LogP contribution in [0.4, 0.5) is 0 Å². The quantitative estimate of drug-likeness (QED) is 0.227. The zero-order chi connectivity index (χ0) is 13.2. The van der Waals surface area contributed by atoms with Crippen molar-refractivity contribution < 1.29 is 0 Å². The molecule has 0 aromatic heterocycles. The van der Waals surface area contributed by atoms with Gasteiger partial charge in [0.05, 0.1) is 6.54 Å². The molecule has 100 valence electrons. The maximum absolute atomic E-state index is 8.38. The first-order chi connectivity index (χ1) is 8.72. The van der Waals surface area contributed by atoms with E-state index in [9.17, 15) is 0 Å². The lowest BCUT2D eigenvalue weighted by Crippen LogP contribution is -2.38. The summed E-state index contributed by atoms with van der Waals surface area (Å²) < 4.78 is 0. The second-order valence-electron chi connectivity index (χ2n) is 3.08. The van der Waals surface area contributed by atoms with Crippen LogP contribution >= 0.6 is 45.6 Å². The average Bonchev–Trinajstić information content (AvgIpc) is 2.78. The Morgan fingerprint density at radius 2 is 2.50 bits per heavy atom. The molecule has 1 fully saturated rings. The molecule has 0 amide bonds. The number of amidine groups is 1. The second kappa shape index (κ2) is 9.57. The van der Waals surface area contributed by atoms with Crippen LogP contribution in [0.3, 0.4) is 0 Å². The lowest BCUT2D eigenvalue weighted by Gasteiger charge is -2.09. The number of nitrogens with one attached hydrogen (secondary N) is 3. The summed E-state index contributed by atoms with van der Waals surface area (Å²) in [6.07, 6.45) is 0. The van der Waals surface area contributed by atoms with Gasteiger partial charge in [-0.05, 0) is 45.6 Å². The average molecular weight is 323 g/mol. The van der Waals surface area contributed by atoms with Crippen LogP contribution in [-0.4, -0.2) is 41.2 Å². The molecule has 1 aliphatic heterocycles. The molecule has 10 heteroatoms. The summed E-state index contributed by atoms with van der Waals surface area (Å²) in [6.45, 7) is 2.06. The second-order valence-corrected chi connectivity index (χ2v) is 6.69. The molecule has 0 aliphatic carbocycles. The van der Waals surface area contributed by atoms with E-state index in [4.69, 9.17) is 23.2 Å². The van der Waals surface area contributed by atoms with Crippen LogP contribution in [0.15, 0.2) is 4.99 Å². The fourth-order valence-corrected chi connectivity index (χ4v) is 3.58. The molecule has 0 spiro atoms. The third-order valence-electron chi connectivity index (χ3n) is 1.74. The molecule has 1 rings (SSSR count). The molecule has 5 N–H and O–H groups in total. The number of thiocarbonyl (C=S) groups is 1. The Hall–Kier alpha value is -0.340. The van der Waals surface area contributed by atoms with E-state index in [2.05, 4.69) is 20.9 Å². The van der Waals surface area contributed by atoms with Crippen molar-refractivity contribution in [1.29, 1.82) is 5.26 Å². The fraction of sp³-hybridized carbons (Fsp3) is 0.625. The minimum atomic E-state index is 0.150. The Morgan fingerprint density at radius 1 is 1.67 bits per heavy atom. The zero-order valence-corrected chi connectivity index (χ0v) is 12.8. The largest absolute Gasteiger partial charge is 0.376 e. The highest BCUT2D eigenvalue weighted by atomic mass is 33.1. The summed E-state index contributed by atoms with van der Waals surface area (Å²) in [5.41, 5.74) is 5.45. The van der Waals surface area contributed by atoms with E-state index in [0.29, 0.717) is 18.2 Å². The van der Waals surface area contributed by atoms with Gasteiger partial charge in [-0.25, -0.2) is 0 Å². The number of nitrogens with two attached hydrogens (primary N) is 1. The van der Waals surface area contributed by atoms with Gasteiger partial charge in [-0.2, -0.15) is 5.26 Å². The molecular weight excluding hydrogens is 308 g/mol. The van der Waals surface area contributed by atoms with Crippen LogP contribution in [0, 0.1) is 10.7 Å². The number of hydrogen-bond donors (Lipinski definition) is 4. The molecule has 1 atom stereocenters. The molecule has 18 heavy (non-hydrogen) atoms. The first-order valence-electron chi connectivity index (χ1n) is 5.14. The van der Waals surface area contributed by atoms with Crippen LogP contribution < -0.4 is 21.7 Å². The van der Waals surface area contributed by atoms with E-state index in [0.717, 1.165) is 17.5 Å². The van der Waals surface area contributed by atoms with Crippen molar-refractivity contribution in [3.63, 3.8) is 0 Å². The lowest BCUT2D eigenvalue weighted by atomic mass is 10.6. The van der Waals surface area contributed by atoms with Gasteiger partial charge in [0, 0.05) is 18.8 Å². The van der Waals surface area contributed by atoms with Crippen LogP contribution in [0.2, 0.25) is 0 Å². The van der Waals surface area contributed by atoms with Crippen LogP contribution in [0.25, 0.3) is 0 Å². The summed E-state index contributed by atoms with van der Waals surface area (Å²) >= 11 is 5.94. The highest BCUT2D eigenvalue weighted by Gasteiger charge is 2.19. The normalized spacial score (nSPS) is 20.4. The van der Waals surface area contributed by atoms with Crippen molar-refractivity contribution in [2.75, 3.05) is 25.4 Å². The minimum absolute atomic E-state index is 0.150. The maximum Gasteiger partial charge on any atom is 0.169 e. The number of nitrogens with zero attached hydrogens (tertiary/aromatic N) is 2. The maximum atomic E-state index is 8.38. The summed E-state index contributed by atoms with van der Waals surface area (Å²) in [5, 5.41) is 21.0. The third kappa shape index (κ3) is 7.17. The first-order valence-corrected chi connectivity index (χ1v) is 8.75. The number of aliphatic imine (C=N–C) groups is 1. The highest BCUT2D eigenvalue weighted by Crippen LogP contribution is 2.31. The molecule has 1 unspecified atom stereocenters. The Bertz CT molecular complexity index is 341. The highest BCUT2D eigenvalue weighted by molar-refractivity contribution is 8.83. The van der Waals surface area contributed by atoms with Gasteiger partial charge in [0.15, 0.2) is 10.3 Å². The van der Waals surface area contributed by atoms with E-state index in [1.807, 2.05) is 5.40 Å². The topological polar surface area (TPSA) is 98.3 Å². The van der Waals surface area contributed by atoms with Gasteiger partial charge in [0.1, 0.15) is 10.9 Å². The molecule has 1 saturated heterocycles. The summed E-state index contributed by atoms with van der Waals surface area (Å²) in [7, 11) is 3.28. The predicted octanol–water partition coefficient (Wildman–Crippen LogP) is 0.248. The number of rotatable bonds is 7. The van der Waals surface area contributed by atoms with Gasteiger partial charge >= 0.3 is 0 Å². The van der Waals surface area contributed by atoms with Gasteiger partial charge in [-0.15, -0.1) is 0 Å². The van der Waals surface area contributed by atoms with Crippen molar-refractivity contribution >= 4 is 55.8 Å². The van der Waals surface area contributed by atoms with Crippen molar-refractivity contribution in [3.8, 4) is 5.40 Å². The standard InChI is InChI=1S/C8H14N6S4/c9-5-16-4-3-13-8-14-7(17-18-8)12-2-1-11-6(10)15/h8,13H,1-4H2,(H,12,14)(H3,10,11,15). The third-order valence-corrected chi connectivity index (χ3v) is 4.74. The Morgan fingerprint density at radius 3 is 3.22 bits per heavy atom. The SMILES string of the molecule is N#CSCCNC1NC(=NCCNC(N)=S)SS1. The Balaban J connectivity index is 2.10. The number of thioether (sulfide) groups is 1. The van der Waals surface area contributed by atoms with E-state index >= 15 is 0 Å². The van der Waals surface area contributed by atoms with E-state index in [-0.39, 0.29) is 5.50 Å². The summed E-state index contributed by atoms with van der Waals surface area (Å²) in [4.78, 5) is 4.36. The van der Waals surface area contributed by atoms with Gasteiger partial charge in [0.25, 0.3) is 0 Å². The van der Waals surface area contributed by atoms with Crippen molar-refractivity contribution in [1.82, 2.24) is 16.0 Å². The Labute approximate surface area is 124 Å².